The molecule has 0 aliphatic carbocycles. The van der Waals surface area contributed by atoms with Gasteiger partial charge in [0.2, 0.25) is 0 Å². The molecule has 0 N–H and O–H groups in total. The van der Waals surface area contributed by atoms with Gasteiger partial charge in [0.15, 0.2) is 5.16 Å². The van der Waals surface area contributed by atoms with Gasteiger partial charge in [-0.1, -0.05) is 39.8 Å². The summed E-state index contributed by atoms with van der Waals surface area (Å²) in [6, 6.07) is 8.88. The molecular formula is C15H13BrFN3S2. The molecule has 0 unspecified atom stereocenters. The third kappa shape index (κ3) is 3.59. The van der Waals surface area contributed by atoms with Crippen molar-refractivity contribution in [2.24, 2.45) is 7.05 Å². The van der Waals surface area contributed by atoms with Gasteiger partial charge >= 0.3 is 0 Å². The first kappa shape index (κ1) is 15.7. The standard InChI is InChI=1S/C15H13BrFN3S2/c1-20-14(8-12-3-2-6-21-12)18-19-15(20)22-9-10-4-5-11(17)7-13(10)16/h2-7H,8-9H2,1H3. The maximum absolute atomic E-state index is 13.1. The molecule has 3 rings (SSSR count). The average molecular weight is 398 g/mol. The number of nitrogens with zero attached hydrogens (tertiary/aromatic N) is 3. The number of thiophene rings is 1. The SMILES string of the molecule is Cn1c(Cc2cccs2)nnc1SCc1ccc(F)cc1Br. The molecule has 3 nitrogen and oxygen atoms in total. The van der Waals surface area contributed by atoms with Crippen molar-refractivity contribution in [1.82, 2.24) is 14.8 Å². The Labute approximate surface area is 144 Å². The van der Waals surface area contributed by atoms with Crippen LogP contribution in [0.4, 0.5) is 4.39 Å². The van der Waals surface area contributed by atoms with E-state index >= 15 is 0 Å². The van der Waals surface area contributed by atoms with Gasteiger partial charge in [0.05, 0.1) is 0 Å². The fourth-order valence-electron chi connectivity index (χ4n) is 1.97. The van der Waals surface area contributed by atoms with Crippen molar-refractivity contribution < 1.29 is 4.39 Å². The fourth-order valence-corrected chi connectivity index (χ4v) is 4.29. The van der Waals surface area contributed by atoms with Crippen molar-refractivity contribution >= 4 is 39.0 Å². The normalized spacial score (nSPS) is 11.0. The van der Waals surface area contributed by atoms with Gasteiger partial charge in [-0.05, 0) is 29.1 Å². The van der Waals surface area contributed by atoms with Crippen molar-refractivity contribution in [3.05, 3.63) is 62.3 Å². The van der Waals surface area contributed by atoms with Crippen LogP contribution in [0.1, 0.15) is 16.3 Å². The van der Waals surface area contributed by atoms with Crippen LogP contribution in [0.2, 0.25) is 0 Å². The summed E-state index contributed by atoms with van der Waals surface area (Å²) in [5.74, 6) is 1.42. The number of rotatable bonds is 5. The molecular weight excluding hydrogens is 385 g/mol. The molecule has 0 saturated heterocycles. The van der Waals surface area contributed by atoms with Crippen molar-refractivity contribution in [3.8, 4) is 0 Å². The highest BCUT2D eigenvalue weighted by molar-refractivity contribution is 9.10. The molecule has 0 aliphatic rings. The first-order valence-corrected chi connectivity index (χ1v) is 9.26. The van der Waals surface area contributed by atoms with E-state index in [0.29, 0.717) is 5.75 Å². The molecule has 0 saturated carbocycles. The molecule has 3 aromatic rings. The van der Waals surface area contributed by atoms with E-state index in [0.717, 1.165) is 27.4 Å². The zero-order chi connectivity index (χ0) is 15.5. The van der Waals surface area contributed by atoms with Crippen molar-refractivity contribution in [3.63, 3.8) is 0 Å². The smallest absolute Gasteiger partial charge is 0.191 e. The third-order valence-corrected chi connectivity index (χ3v) is 5.89. The lowest BCUT2D eigenvalue weighted by Crippen LogP contribution is -1.99. The van der Waals surface area contributed by atoms with Gasteiger partial charge in [-0.15, -0.1) is 21.5 Å². The molecule has 0 aliphatic heterocycles. The van der Waals surface area contributed by atoms with Crippen LogP contribution < -0.4 is 0 Å². The summed E-state index contributed by atoms with van der Waals surface area (Å²) >= 11 is 6.70. The lowest BCUT2D eigenvalue weighted by atomic mass is 10.2. The lowest BCUT2D eigenvalue weighted by Gasteiger charge is -2.05. The van der Waals surface area contributed by atoms with E-state index in [1.807, 2.05) is 17.7 Å². The Bertz CT molecular complexity index is 771. The number of benzene rings is 1. The predicted molar refractivity (Wildman–Crippen MR) is 91.8 cm³/mol. The molecule has 0 fully saturated rings. The van der Waals surface area contributed by atoms with E-state index < -0.39 is 0 Å². The maximum atomic E-state index is 13.1. The van der Waals surface area contributed by atoms with Crippen molar-refractivity contribution in [1.29, 1.82) is 0 Å². The summed E-state index contributed by atoms with van der Waals surface area (Å²) in [5, 5.41) is 11.4. The molecule has 0 spiro atoms. The second-order valence-electron chi connectivity index (χ2n) is 4.74. The van der Waals surface area contributed by atoms with Gasteiger partial charge in [0.1, 0.15) is 11.6 Å². The van der Waals surface area contributed by atoms with E-state index in [1.165, 1.54) is 17.0 Å². The number of aromatic nitrogens is 3. The van der Waals surface area contributed by atoms with E-state index in [4.69, 9.17) is 0 Å². The molecule has 0 radical (unpaired) electrons. The number of halogens is 2. The zero-order valence-electron chi connectivity index (χ0n) is 11.8. The monoisotopic (exact) mass is 397 g/mol. The third-order valence-electron chi connectivity index (χ3n) is 3.21. The molecule has 0 amide bonds. The summed E-state index contributed by atoms with van der Waals surface area (Å²) in [7, 11) is 1.98. The Balaban J connectivity index is 1.69. The highest BCUT2D eigenvalue weighted by atomic mass is 79.9. The molecule has 1 aromatic carbocycles. The molecule has 2 heterocycles. The van der Waals surface area contributed by atoms with Crippen LogP contribution in [-0.2, 0) is 19.2 Å². The second-order valence-corrected chi connectivity index (χ2v) is 7.57. The molecule has 22 heavy (non-hydrogen) atoms. The maximum Gasteiger partial charge on any atom is 0.191 e. The Morgan fingerprint density at radius 2 is 2.18 bits per heavy atom. The summed E-state index contributed by atoms with van der Waals surface area (Å²) in [6.45, 7) is 0. The average Bonchev–Trinajstić information content (AvgIpc) is 3.11. The largest absolute Gasteiger partial charge is 0.309 e. The van der Waals surface area contributed by atoms with Crippen LogP contribution in [0.25, 0.3) is 0 Å². The highest BCUT2D eigenvalue weighted by Crippen LogP contribution is 2.27. The van der Waals surface area contributed by atoms with Gasteiger partial charge in [0.25, 0.3) is 0 Å². The topological polar surface area (TPSA) is 30.7 Å². The minimum Gasteiger partial charge on any atom is -0.309 e. The van der Waals surface area contributed by atoms with Crippen LogP contribution in [0.3, 0.4) is 0 Å². The Morgan fingerprint density at radius 1 is 1.32 bits per heavy atom. The van der Waals surface area contributed by atoms with E-state index in [2.05, 4.69) is 37.6 Å². The quantitative estimate of drug-likeness (QED) is 0.586. The molecule has 7 heteroatoms. The fraction of sp³-hybridized carbons (Fsp3) is 0.200. The minimum absolute atomic E-state index is 0.238. The van der Waals surface area contributed by atoms with Crippen LogP contribution >= 0.6 is 39.0 Å². The lowest BCUT2D eigenvalue weighted by molar-refractivity contribution is 0.626. The van der Waals surface area contributed by atoms with Crippen LogP contribution in [0.15, 0.2) is 45.3 Å². The van der Waals surface area contributed by atoms with E-state index in [-0.39, 0.29) is 5.82 Å². The van der Waals surface area contributed by atoms with Gasteiger partial charge < -0.3 is 4.57 Å². The van der Waals surface area contributed by atoms with Crippen molar-refractivity contribution in [2.75, 3.05) is 0 Å². The molecule has 114 valence electrons. The molecule has 0 atom stereocenters. The van der Waals surface area contributed by atoms with E-state index in [9.17, 15) is 4.39 Å². The zero-order valence-corrected chi connectivity index (χ0v) is 15.0. The Kier molecular flexibility index (Phi) is 4.95. The first-order chi connectivity index (χ1) is 10.6. The molecule has 2 aromatic heterocycles. The highest BCUT2D eigenvalue weighted by Gasteiger charge is 2.11. The summed E-state index contributed by atoms with van der Waals surface area (Å²) in [5.41, 5.74) is 1.04. The van der Waals surface area contributed by atoms with Gasteiger partial charge in [0, 0.05) is 28.6 Å². The first-order valence-electron chi connectivity index (χ1n) is 6.61. The van der Waals surface area contributed by atoms with Crippen LogP contribution in [0.5, 0.6) is 0 Å². The van der Waals surface area contributed by atoms with E-state index in [1.54, 1.807) is 29.2 Å². The number of thioether (sulfide) groups is 1. The van der Waals surface area contributed by atoms with Gasteiger partial charge in [-0.25, -0.2) is 4.39 Å². The Morgan fingerprint density at radius 3 is 2.91 bits per heavy atom. The summed E-state index contributed by atoms with van der Waals surface area (Å²) in [6.07, 6.45) is 0.794. The van der Waals surface area contributed by atoms with Crippen LogP contribution in [0, 0.1) is 5.82 Å². The summed E-state index contributed by atoms with van der Waals surface area (Å²) < 4.78 is 15.9. The number of hydrogen-bond acceptors (Lipinski definition) is 4. The van der Waals surface area contributed by atoms with Gasteiger partial charge in [-0.2, -0.15) is 0 Å². The predicted octanol–water partition coefficient (Wildman–Crippen LogP) is 4.66. The van der Waals surface area contributed by atoms with Gasteiger partial charge in [-0.3, -0.25) is 0 Å². The molecule has 0 bridgehead atoms. The number of hydrogen-bond donors (Lipinski definition) is 0. The van der Waals surface area contributed by atoms with Crippen molar-refractivity contribution in [2.45, 2.75) is 17.3 Å². The Hall–Kier alpha value is -1.18. The van der Waals surface area contributed by atoms with Crippen LogP contribution in [-0.4, -0.2) is 14.8 Å². The summed E-state index contributed by atoms with van der Waals surface area (Å²) in [4.78, 5) is 1.27. The minimum atomic E-state index is -0.238. The second kappa shape index (κ2) is 6.93.